The quantitative estimate of drug-likeness (QED) is 0.790. The van der Waals surface area contributed by atoms with E-state index in [0.29, 0.717) is 10.9 Å². The van der Waals surface area contributed by atoms with Gasteiger partial charge in [0, 0.05) is 5.75 Å². The van der Waals surface area contributed by atoms with Crippen molar-refractivity contribution in [1.29, 1.82) is 0 Å². The highest BCUT2D eigenvalue weighted by molar-refractivity contribution is 7.84. The lowest BCUT2D eigenvalue weighted by molar-refractivity contribution is 0.679. The minimum atomic E-state index is -0.990. The van der Waals surface area contributed by atoms with Crippen LogP contribution >= 0.6 is 0 Å². The number of benzene rings is 1. The Balaban J connectivity index is 2.56. The van der Waals surface area contributed by atoms with Crippen molar-refractivity contribution >= 4 is 21.8 Å². The highest BCUT2D eigenvalue weighted by Crippen LogP contribution is 2.12. The first-order valence-electron chi connectivity index (χ1n) is 4.14. The van der Waals surface area contributed by atoms with Gasteiger partial charge < -0.3 is 4.98 Å². The number of rotatable bonds is 2. The Bertz CT molecular complexity index is 417. The van der Waals surface area contributed by atoms with Crippen LogP contribution in [-0.2, 0) is 10.8 Å². The fraction of sp³-hybridized carbons (Fsp3) is 0.222. The fourth-order valence-electron chi connectivity index (χ4n) is 1.17. The van der Waals surface area contributed by atoms with Gasteiger partial charge >= 0.3 is 0 Å². The third kappa shape index (κ3) is 1.49. The molecular formula is C9H10N2OS. The average molecular weight is 194 g/mol. The maximum atomic E-state index is 11.4. The summed E-state index contributed by atoms with van der Waals surface area (Å²) in [7, 11) is -0.990. The molecule has 4 heteroatoms. The summed E-state index contributed by atoms with van der Waals surface area (Å²) >= 11 is 0. The summed E-state index contributed by atoms with van der Waals surface area (Å²) in [6.07, 6.45) is 0. The number of H-pyrrole nitrogens is 1. The van der Waals surface area contributed by atoms with E-state index in [1.54, 1.807) is 0 Å². The van der Waals surface area contributed by atoms with E-state index < -0.39 is 10.8 Å². The summed E-state index contributed by atoms with van der Waals surface area (Å²) in [5, 5.41) is 0.573. The van der Waals surface area contributed by atoms with Crippen LogP contribution in [0.1, 0.15) is 6.92 Å². The van der Waals surface area contributed by atoms with E-state index in [4.69, 9.17) is 0 Å². The van der Waals surface area contributed by atoms with Crippen molar-refractivity contribution in [3.8, 4) is 0 Å². The monoisotopic (exact) mass is 194 g/mol. The van der Waals surface area contributed by atoms with Crippen molar-refractivity contribution in [2.45, 2.75) is 12.1 Å². The standard InChI is InChI=1S/C9H10N2OS/c1-2-13(12)9-10-7-5-3-4-6-8(7)11-9/h3-6H,2H2,1H3,(H,10,11). The molecule has 0 radical (unpaired) electrons. The van der Waals surface area contributed by atoms with Gasteiger partial charge in [0.1, 0.15) is 0 Å². The van der Waals surface area contributed by atoms with Gasteiger partial charge in [0.15, 0.2) is 5.16 Å². The van der Waals surface area contributed by atoms with Crippen molar-refractivity contribution in [3.05, 3.63) is 24.3 Å². The van der Waals surface area contributed by atoms with Gasteiger partial charge in [-0.25, -0.2) is 4.98 Å². The van der Waals surface area contributed by atoms with Crippen LogP contribution in [0.3, 0.4) is 0 Å². The van der Waals surface area contributed by atoms with Crippen LogP contribution in [-0.4, -0.2) is 19.9 Å². The number of aromatic nitrogens is 2. The normalized spacial score (nSPS) is 13.3. The summed E-state index contributed by atoms with van der Waals surface area (Å²) < 4.78 is 11.4. The molecule has 0 saturated heterocycles. The lowest BCUT2D eigenvalue weighted by atomic mass is 10.3. The summed E-state index contributed by atoms with van der Waals surface area (Å²) in [6.45, 7) is 1.88. The molecule has 68 valence electrons. The van der Waals surface area contributed by atoms with E-state index in [9.17, 15) is 4.21 Å². The first-order chi connectivity index (χ1) is 6.31. The molecule has 0 fully saturated rings. The topological polar surface area (TPSA) is 45.8 Å². The smallest absolute Gasteiger partial charge is 0.197 e. The number of imidazole rings is 1. The van der Waals surface area contributed by atoms with Crippen molar-refractivity contribution < 1.29 is 4.21 Å². The Kier molecular flexibility index (Phi) is 2.14. The molecule has 1 aromatic heterocycles. The molecule has 0 amide bonds. The molecule has 13 heavy (non-hydrogen) atoms. The zero-order valence-electron chi connectivity index (χ0n) is 7.28. The first-order valence-corrected chi connectivity index (χ1v) is 5.46. The second-order valence-corrected chi connectivity index (χ2v) is 4.35. The molecule has 0 spiro atoms. The molecule has 1 atom stereocenters. The van der Waals surface area contributed by atoms with E-state index in [2.05, 4.69) is 9.97 Å². The second kappa shape index (κ2) is 3.30. The van der Waals surface area contributed by atoms with Gasteiger partial charge in [0.05, 0.1) is 21.8 Å². The predicted octanol–water partition coefficient (Wildman–Crippen LogP) is 1.69. The third-order valence-electron chi connectivity index (χ3n) is 1.85. The van der Waals surface area contributed by atoms with Crippen molar-refractivity contribution in [2.75, 3.05) is 5.75 Å². The molecule has 0 aliphatic heterocycles. The Morgan fingerprint density at radius 1 is 1.46 bits per heavy atom. The molecular weight excluding hydrogens is 184 g/mol. The number of aromatic amines is 1. The molecule has 1 heterocycles. The average Bonchev–Trinajstić information content (AvgIpc) is 2.59. The molecule has 0 saturated carbocycles. The van der Waals surface area contributed by atoms with Crippen LogP contribution in [0.4, 0.5) is 0 Å². The highest BCUT2D eigenvalue weighted by atomic mass is 32.2. The summed E-state index contributed by atoms with van der Waals surface area (Å²) in [5.74, 6) is 0.597. The molecule has 1 aromatic carbocycles. The van der Waals surface area contributed by atoms with Gasteiger partial charge in [-0.2, -0.15) is 0 Å². The second-order valence-electron chi connectivity index (χ2n) is 2.69. The lowest BCUT2D eigenvalue weighted by Gasteiger charge is -1.88. The van der Waals surface area contributed by atoms with E-state index in [0.717, 1.165) is 11.0 Å². The van der Waals surface area contributed by atoms with Crippen molar-refractivity contribution in [1.82, 2.24) is 9.97 Å². The van der Waals surface area contributed by atoms with Gasteiger partial charge in [0.2, 0.25) is 0 Å². The number of nitrogens with one attached hydrogen (secondary N) is 1. The molecule has 0 bridgehead atoms. The predicted molar refractivity (Wildman–Crippen MR) is 53.0 cm³/mol. The van der Waals surface area contributed by atoms with Gasteiger partial charge in [-0.3, -0.25) is 4.21 Å². The zero-order chi connectivity index (χ0) is 9.26. The van der Waals surface area contributed by atoms with Crippen LogP contribution in [0.25, 0.3) is 11.0 Å². The Morgan fingerprint density at radius 2 is 2.23 bits per heavy atom. The molecule has 0 aliphatic carbocycles. The number of hydrogen-bond donors (Lipinski definition) is 1. The lowest BCUT2D eigenvalue weighted by Crippen LogP contribution is -1.95. The largest absolute Gasteiger partial charge is 0.331 e. The van der Waals surface area contributed by atoms with E-state index >= 15 is 0 Å². The Hall–Kier alpha value is -1.16. The van der Waals surface area contributed by atoms with E-state index in [1.807, 2.05) is 31.2 Å². The fourth-order valence-corrected chi connectivity index (χ4v) is 1.87. The van der Waals surface area contributed by atoms with Crippen LogP contribution in [0, 0.1) is 0 Å². The minimum Gasteiger partial charge on any atom is -0.331 e. The maximum absolute atomic E-state index is 11.4. The number of fused-ring (bicyclic) bond motifs is 1. The molecule has 1 N–H and O–H groups in total. The minimum absolute atomic E-state index is 0.573. The number of para-hydroxylation sites is 2. The Labute approximate surface area is 78.6 Å². The van der Waals surface area contributed by atoms with Gasteiger partial charge in [-0.05, 0) is 12.1 Å². The van der Waals surface area contributed by atoms with Crippen molar-refractivity contribution in [2.24, 2.45) is 0 Å². The maximum Gasteiger partial charge on any atom is 0.197 e. The van der Waals surface area contributed by atoms with Gasteiger partial charge in [0.25, 0.3) is 0 Å². The van der Waals surface area contributed by atoms with Crippen LogP contribution in [0.2, 0.25) is 0 Å². The highest BCUT2D eigenvalue weighted by Gasteiger charge is 2.06. The third-order valence-corrected chi connectivity index (χ3v) is 2.99. The van der Waals surface area contributed by atoms with Crippen LogP contribution in [0.15, 0.2) is 29.4 Å². The van der Waals surface area contributed by atoms with Gasteiger partial charge in [-0.1, -0.05) is 19.1 Å². The molecule has 1 unspecified atom stereocenters. The molecule has 3 nitrogen and oxygen atoms in total. The first kappa shape index (κ1) is 8.44. The summed E-state index contributed by atoms with van der Waals surface area (Å²) in [5.41, 5.74) is 1.82. The molecule has 2 aromatic rings. The summed E-state index contributed by atoms with van der Waals surface area (Å²) in [6, 6.07) is 7.68. The van der Waals surface area contributed by atoms with Crippen LogP contribution < -0.4 is 0 Å². The SMILES string of the molecule is CCS(=O)c1nc2ccccc2[nH]1. The molecule has 0 aliphatic rings. The van der Waals surface area contributed by atoms with E-state index in [1.165, 1.54) is 0 Å². The summed E-state index contributed by atoms with van der Waals surface area (Å²) in [4.78, 5) is 7.26. The Morgan fingerprint density at radius 3 is 2.92 bits per heavy atom. The number of nitrogens with zero attached hydrogens (tertiary/aromatic N) is 1. The van der Waals surface area contributed by atoms with E-state index in [-0.39, 0.29) is 0 Å². The molecule has 2 rings (SSSR count). The van der Waals surface area contributed by atoms with Crippen molar-refractivity contribution in [3.63, 3.8) is 0 Å². The van der Waals surface area contributed by atoms with Crippen LogP contribution in [0.5, 0.6) is 0 Å². The zero-order valence-corrected chi connectivity index (χ0v) is 8.10. The number of hydrogen-bond acceptors (Lipinski definition) is 2. The van der Waals surface area contributed by atoms with Gasteiger partial charge in [-0.15, -0.1) is 0 Å².